The van der Waals surface area contributed by atoms with Crippen molar-refractivity contribution in [3.63, 3.8) is 0 Å². The normalized spacial score (nSPS) is 10.3. The van der Waals surface area contributed by atoms with Gasteiger partial charge in [-0.05, 0) is 25.1 Å². The molecule has 0 saturated heterocycles. The lowest BCUT2D eigenvalue weighted by Crippen LogP contribution is -2.03. The van der Waals surface area contributed by atoms with Crippen LogP contribution in [0.1, 0.15) is 16.1 Å². The van der Waals surface area contributed by atoms with Crippen molar-refractivity contribution in [2.24, 2.45) is 0 Å². The van der Waals surface area contributed by atoms with Crippen molar-refractivity contribution >= 4 is 17.5 Å². The average molecular weight is 265 g/mol. The predicted molar refractivity (Wildman–Crippen MR) is 63.4 cm³/mol. The quantitative estimate of drug-likeness (QED) is 0.891. The van der Waals surface area contributed by atoms with Crippen LogP contribution in [-0.2, 0) is 0 Å². The Balaban J connectivity index is 2.34. The molecule has 0 atom stereocenters. The summed E-state index contributed by atoms with van der Waals surface area (Å²) in [6.45, 7) is 1.45. The zero-order valence-electron chi connectivity index (χ0n) is 9.82. The Kier molecular flexibility index (Phi) is 3.37. The molecule has 0 radical (unpaired) electrons. The number of aromatic nitrogens is 2. The molecule has 1 aromatic carbocycles. The van der Waals surface area contributed by atoms with Gasteiger partial charge in [-0.2, -0.15) is 0 Å². The van der Waals surface area contributed by atoms with Gasteiger partial charge in [0, 0.05) is 0 Å². The first-order chi connectivity index (χ1) is 8.99. The fourth-order valence-corrected chi connectivity index (χ4v) is 1.42. The SMILES string of the molecule is Cc1ncnc(Nc2ccc(C(=O)O)cc2F)c1F. The maximum atomic E-state index is 13.6. The standard InChI is InChI=1S/C12H9F2N3O2/c1-6-10(14)11(16-5-15-6)17-9-3-2-7(12(18)19)4-8(9)13/h2-5H,1H3,(H,18,19)(H,15,16,17). The van der Waals surface area contributed by atoms with Crippen molar-refractivity contribution in [1.82, 2.24) is 9.97 Å². The van der Waals surface area contributed by atoms with Gasteiger partial charge in [-0.1, -0.05) is 0 Å². The highest BCUT2D eigenvalue weighted by Gasteiger charge is 2.12. The van der Waals surface area contributed by atoms with E-state index in [4.69, 9.17) is 5.11 Å². The molecule has 2 N–H and O–H groups in total. The number of benzene rings is 1. The lowest BCUT2D eigenvalue weighted by atomic mass is 10.2. The van der Waals surface area contributed by atoms with Gasteiger partial charge in [-0.15, -0.1) is 0 Å². The zero-order chi connectivity index (χ0) is 14.0. The Hall–Kier alpha value is -2.57. The van der Waals surface area contributed by atoms with E-state index in [0.29, 0.717) is 0 Å². The Labute approximate surface area is 106 Å². The third-order valence-electron chi connectivity index (χ3n) is 2.43. The molecule has 1 heterocycles. The molecule has 2 aromatic rings. The van der Waals surface area contributed by atoms with Crippen molar-refractivity contribution in [3.8, 4) is 0 Å². The monoisotopic (exact) mass is 265 g/mol. The maximum Gasteiger partial charge on any atom is 0.335 e. The molecule has 0 fully saturated rings. The van der Waals surface area contributed by atoms with Gasteiger partial charge in [0.15, 0.2) is 11.6 Å². The molecule has 0 bridgehead atoms. The van der Waals surface area contributed by atoms with Crippen LogP contribution in [0.2, 0.25) is 0 Å². The molecule has 1 aromatic heterocycles. The van der Waals surface area contributed by atoms with Crippen molar-refractivity contribution in [1.29, 1.82) is 0 Å². The molecule has 98 valence electrons. The molecule has 5 nitrogen and oxygen atoms in total. The van der Waals surface area contributed by atoms with Crippen LogP contribution in [0.15, 0.2) is 24.5 Å². The number of carboxylic acid groups (broad SMARTS) is 1. The summed E-state index contributed by atoms with van der Waals surface area (Å²) in [7, 11) is 0. The van der Waals surface area contributed by atoms with Crippen LogP contribution < -0.4 is 5.32 Å². The summed E-state index contributed by atoms with van der Waals surface area (Å²) in [5.41, 5.74) is -0.135. The minimum atomic E-state index is -1.24. The van der Waals surface area contributed by atoms with Gasteiger partial charge in [0.25, 0.3) is 0 Å². The molecule has 0 saturated carbocycles. The Morgan fingerprint density at radius 1 is 1.32 bits per heavy atom. The van der Waals surface area contributed by atoms with E-state index in [1.54, 1.807) is 0 Å². The molecule has 2 rings (SSSR count). The molecule has 7 heteroatoms. The number of rotatable bonds is 3. The van der Waals surface area contributed by atoms with Gasteiger partial charge in [0.1, 0.15) is 12.1 Å². The van der Waals surface area contributed by atoms with Gasteiger partial charge in [0.2, 0.25) is 0 Å². The lowest BCUT2D eigenvalue weighted by Gasteiger charge is -2.08. The molecule has 19 heavy (non-hydrogen) atoms. The van der Waals surface area contributed by atoms with E-state index in [1.165, 1.54) is 19.1 Å². The second-order valence-corrected chi connectivity index (χ2v) is 3.75. The first kappa shape index (κ1) is 12.9. The fourth-order valence-electron chi connectivity index (χ4n) is 1.42. The molecule has 0 aliphatic rings. The Bertz CT molecular complexity index is 647. The summed E-state index contributed by atoms with van der Waals surface area (Å²) in [4.78, 5) is 17.9. The molecular weight excluding hydrogens is 256 g/mol. The number of anilines is 2. The number of nitrogens with zero attached hydrogens (tertiary/aromatic N) is 2. The van der Waals surface area contributed by atoms with Crippen LogP contribution in [0.3, 0.4) is 0 Å². The first-order valence-electron chi connectivity index (χ1n) is 5.26. The summed E-state index contributed by atoms with van der Waals surface area (Å²) in [5.74, 6) is -2.91. The fraction of sp³-hybridized carbons (Fsp3) is 0.0833. The van der Waals surface area contributed by atoms with Crippen LogP contribution >= 0.6 is 0 Å². The number of nitrogens with one attached hydrogen (secondary N) is 1. The van der Waals surface area contributed by atoms with E-state index in [0.717, 1.165) is 12.4 Å². The highest BCUT2D eigenvalue weighted by molar-refractivity contribution is 5.88. The van der Waals surface area contributed by atoms with E-state index < -0.39 is 17.6 Å². The van der Waals surface area contributed by atoms with Gasteiger partial charge < -0.3 is 10.4 Å². The topological polar surface area (TPSA) is 75.1 Å². The third kappa shape index (κ3) is 2.65. The molecular formula is C12H9F2N3O2. The smallest absolute Gasteiger partial charge is 0.335 e. The summed E-state index contributed by atoms with van der Waals surface area (Å²) < 4.78 is 27.3. The third-order valence-corrected chi connectivity index (χ3v) is 2.43. The number of hydrogen-bond donors (Lipinski definition) is 2. The maximum absolute atomic E-state index is 13.6. The van der Waals surface area contributed by atoms with Gasteiger partial charge in [-0.25, -0.2) is 23.5 Å². The highest BCUT2D eigenvalue weighted by Crippen LogP contribution is 2.22. The number of halogens is 2. The minimum absolute atomic E-state index is 0.0676. The van der Waals surface area contributed by atoms with Gasteiger partial charge in [-0.3, -0.25) is 0 Å². The molecule has 0 aliphatic carbocycles. The van der Waals surface area contributed by atoms with Crippen LogP contribution in [0.5, 0.6) is 0 Å². The van der Waals surface area contributed by atoms with E-state index in [2.05, 4.69) is 15.3 Å². The van der Waals surface area contributed by atoms with Crippen molar-refractivity contribution in [3.05, 3.63) is 47.4 Å². The van der Waals surface area contributed by atoms with E-state index in [1.807, 2.05) is 0 Å². The van der Waals surface area contributed by atoms with Gasteiger partial charge in [0.05, 0.1) is 16.9 Å². The number of carbonyl (C=O) groups is 1. The average Bonchev–Trinajstić information content (AvgIpc) is 2.37. The molecule has 0 aliphatic heterocycles. The number of hydrogen-bond acceptors (Lipinski definition) is 4. The van der Waals surface area contributed by atoms with Crippen LogP contribution in [-0.4, -0.2) is 21.0 Å². The Morgan fingerprint density at radius 3 is 2.68 bits per heavy atom. The minimum Gasteiger partial charge on any atom is -0.478 e. The van der Waals surface area contributed by atoms with Crippen molar-refractivity contribution in [2.75, 3.05) is 5.32 Å². The highest BCUT2D eigenvalue weighted by atomic mass is 19.1. The molecule has 0 spiro atoms. The van der Waals surface area contributed by atoms with E-state index in [9.17, 15) is 13.6 Å². The van der Waals surface area contributed by atoms with E-state index in [-0.39, 0.29) is 22.8 Å². The summed E-state index contributed by atoms with van der Waals surface area (Å²) in [6, 6.07) is 3.26. The number of aromatic carboxylic acids is 1. The molecule has 0 unspecified atom stereocenters. The molecule has 0 amide bonds. The van der Waals surface area contributed by atoms with Crippen LogP contribution in [0.4, 0.5) is 20.3 Å². The summed E-state index contributed by atoms with van der Waals surface area (Å²) >= 11 is 0. The van der Waals surface area contributed by atoms with Crippen LogP contribution in [0.25, 0.3) is 0 Å². The number of aryl methyl sites for hydroxylation is 1. The zero-order valence-corrected chi connectivity index (χ0v) is 9.82. The summed E-state index contributed by atoms with van der Waals surface area (Å²) in [6.07, 6.45) is 1.14. The lowest BCUT2D eigenvalue weighted by molar-refractivity contribution is 0.0696. The first-order valence-corrected chi connectivity index (χ1v) is 5.26. The Morgan fingerprint density at radius 2 is 2.05 bits per heavy atom. The summed E-state index contributed by atoms with van der Waals surface area (Å²) in [5, 5.41) is 11.2. The second-order valence-electron chi connectivity index (χ2n) is 3.75. The van der Waals surface area contributed by atoms with E-state index >= 15 is 0 Å². The number of carboxylic acids is 1. The van der Waals surface area contributed by atoms with Crippen molar-refractivity contribution < 1.29 is 18.7 Å². The largest absolute Gasteiger partial charge is 0.478 e. The predicted octanol–water partition coefficient (Wildman–Crippen LogP) is 2.51. The van der Waals surface area contributed by atoms with Crippen molar-refractivity contribution in [2.45, 2.75) is 6.92 Å². The van der Waals surface area contributed by atoms with Gasteiger partial charge >= 0.3 is 5.97 Å². The van der Waals surface area contributed by atoms with Crippen LogP contribution in [0, 0.1) is 18.6 Å². The second kappa shape index (κ2) is 4.97.